The Morgan fingerprint density at radius 1 is 0.390 bits per heavy atom. The van der Waals surface area contributed by atoms with Crippen molar-refractivity contribution in [2.24, 2.45) is 0 Å². The first-order chi connectivity index (χ1) is 28.8. The summed E-state index contributed by atoms with van der Waals surface area (Å²) in [5.41, 5.74) is 0. The van der Waals surface area contributed by atoms with Crippen LogP contribution < -0.4 is 0 Å². The fourth-order valence-corrected chi connectivity index (χ4v) is 8.26. The van der Waals surface area contributed by atoms with Crippen LogP contribution in [-0.2, 0) is 32.7 Å². The Bertz CT molecular complexity index is 951. The van der Waals surface area contributed by atoms with Gasteiger partial charge in [0.05, 0.1) is 26.4 Å². The van der Waals surface area contributed by atoms with Crippen molar-refractivity contribution < 1.29 is 47.8 Å². The van der Waals surface area contributed by atoms with Crippen molar-refractivity contribution in [1.29, 1.82) is 0 Å². The lowest BCUT2D eigenvalue weighted by Gasteiger charge is -2.20. The number of unbranched alkanes of at least 4 members (excludes halogenated alkanes) is 34. The van der Waals surface area contributed by atoms with Crippen LogP contribution in [0.25, 0.3) is 0 Å². The molecule has 0 aliphatic carbocycles. The van der Waals surface area contributed by atoms with Crippen molar-refractivity contribution in [2.75, 3.05) is 26.4 Å². The molecule has 0 aliphatic rings. The zero-order chi connectivity index (χ0) is 43.3. The molecule has 3 unspecified atom stereocenters. The number of aliphatic hydroxyl groups is 2. The summed E-state index contributed by atoms with van der Waals surface area (Å²) in [5, 5.41) is 19.2. The van der Waals surface area contributed by atoms with Gasteiger partial charge in [0.1, 0.15) is 12.2 Å². The molecule has 0 heterocycles. The predicted molar refractivity (Wildman–Crippen MR) is 242 cm³/mol. The van der Waals surface area contributed by atoms with Gasteiger partial charge in [-0.25, -0.2) is 4.57 Å². The number of phosphoric acid groups is 1. The van der Waals surface area contributed by atoms with E-state index >= 15 is 0 Å². The highest BCUT2D eigenvalue weighted by molar-refractivity contribution is 7.47. The Labute approximate surface area is 363 Å². The van der Waals surface area contributed by atoms with Crippen molar-refractivity contribution in [1.82, 2.24) is 0 Å². The molecular formula is C48H95O10P. The summed E-state index contributed by atoms with van der Waals surface area (Å²) in [6.45, 7) is 2.27. The number of hydrogen-bond donors (Lipinski definition) is 3. The van der Waals surface area contributed by atoms with Crippen LogP contribution >= 0.6 is 7.82 Å². The molecule has 0 amide bonds. The molecule has 0 bridgehead atoms. The van der Waals surface area contributed by atoms with Gasteiger partial charge in [0.15, 0.2) is 0 Å². The van der Waals surface area contributed by atoms with Crippen LogP contribution in [0.4, 0.5) is 0 Å². The second kappa shape index (κ2) is 45.0. The maximum atomic E-state index is 12.4. The van der Waals surface area contributed by atoms with Crippen LogP contribution in [-0.4, -0.2) is 65.7 Å². The maximum absolute atomic E-state index is 12.4. The van der Waals surface area contributed by atoms with Crippen molar-refractivity contribution in [2.45, 2.75) is 270 Å². The summed E-state index contributed by atoms with van der Waals surface area (Å²) in [5.74, 6) is -1.00. The molecule has 0 fully saturated rings. The van der Waals surface area contributed by atoms with Crippen LogP contribution in [0.5, 0.6) is 0 Å². The fourth-order valence-electron chi connectivity index (χ4n) is 7.47. The number of rotatable bonds is 48. The molecule has 0 aromatic rings. The molecule has 10 nitrogen and oxygen atoms in total. The maximum Gasteiger partial charge on any atom is 0.472 e. The second-order valence-corrected chi connectivity index (χ2v) is 18.6. The van der Waals surface area contributed by atoms with Crippen LogP contribution in [0.15, 0.2) is 0 Å². The Balaban J connectivity index is 3.77. The van der Waals surface area contributed by atoms with Gasteiger partial charge in [-0.3, -0.25) is 18.6 Å². The van der Waals surface area contributed by atoms with E-state index in [0.29, 0.717) is 12.8 Å². The van der Waals surface area contributed by atoms with E-state index < -0.39 is 58.4 Å². The largest absolute Gasteiger partial charge is 0.472 e. The quantitative estimate of drug-likeness (QED) is 0.0306. The highest BCUT2D eigenvalue weighted by Crippen LogP contribution is 2.43. The molecule has 0 saturated carbocycles. The lowest BCUT2D eigenvalue weighted by Crippen LogP contribution is -2.28. The summed E-state index contributed by atoms with van der Waals surface area (Å²) in [7, 11) is -4.63. The van der Waals surface area contributed by atoms with E-state index in [2.05, 4.69) is 13.8 Å². The van der Waals surface area contributed by atoms with Gasteiger partial charge >= 0.3 is 19.8 Å². The number of esters is 2. The van der Waals surface area contributed by atoms with E-state index in [1.54, 1.807) is 0 Å². The Morgan fingerprint density at radius 3 is 0.797 bits per heavy atom. The first-order valence-electron chi connectivity index (χ1n) is 25.0. The highest BCUT2D eigenvalue weighted by Gasteiger charge is 2.27. The summed E-state index contributed by atoms with van der Waals surface area (Å²) in [6.07, 6.45) is 43.7. The van der Waals surface area contributed by atoms with Gasteiger partial charge in [0.2, 0.25) is 0 Å². The first kappa shape index (κ1) is 58.0. The van der Waals surface area contributed by atoms with Crippen LogP contribution in [0, 0.1) is 0 Å². The molecule has 0 aliphatic heterocycles. The third kappa shape index (κ3) is 43.4. The van der Waals surface area contributed by atoms with E-state index in [9.17, 15) is 29.3 Å². The molecule has 0 aromatic carbocycles. The molecule has 11 heteroatoms. The van der Waals surface area contributed by atoms with E-state index in [1.165, 1.54) is 180 Å². The van der Waals surface area contributed by atoms with Gasteiger partial charge in [0.25, 0.3) is 0 Å². The van der Waals surface area contributed by atoms with E-state index in [4.69, 9.17) is 18.5 Å². The van der Waals surface area contributed by atoms with Gasteiger partial charge in [-0.05, 0) is 12.8 Å². The summed E-state index contributed by atoms with van der Waals surface area (Å²) < 4.78 is 32.7. The zero-order valence-corrected chi connectivity index (χ0v) is 39.4. The summed E-state index contributed by atoms with van der Waals surface area (Å²) in [4.78, 5) is 34.6. The van der Waals surface area contributed by atoms with Crippen molar-refractivity contribution in [3.8, 4) is 0 Å². The Kier molecular flexibility index (Phi) is 44.2. The molecule has 59 heavy (non-hydrogen) atoms. The smallest absolute Gasteiger partial charge is 0.457 e. The molecule has 0 aromatic heterocycles. The molecular weight excluding hydrogens is 767 g/mol. The Hall–Kier alpha value is -1.03. The van der Waals surface area contributed by atoms with Gasteiger partial charge < -0.3 is 24.6 Å². The first-order valence-corrected chi connectivity index (χ1v) is 26.5. The molecule has 0 spiro atoms. The third-order valence-corrected chi connectivity index (χ3v) is 12.3. The van der Waals surface area contributed by atoms with E-state index in [-0.39, 0.29) is 12.8 Å². The number of carbonyl (C=O) groups is 2. The third-order valence-electron chi connectivity index (χ3n) is 11.3. The van der Waals surface area contributed by atoms with Gasteiger partial charge in [-0.15, -0.1) is 0 Å². The number of carbonyl (C=O) groups excluding carboxylic acids is 2. The zero-order valence-electron chi connectivity index (χ0n) is 38.5. The fraction of sp³-hybridized carbons (Fsp3) is 0.958. The predicted octanol–water partition coefficient (Wildman–Crippen LogP) is 13.8. The van der Waals surface area contributed by atoms with Crippen LogP contribution in [0.2, 0.25) is 0 Å². The van der Waals surface area contributed by atoms with E-state index in [0.717, 1.165) is 38.5 Å². The Morgan fingerprint density at radius 2 is 0.593 bits per heavy atom. The molecule has 0 rings (SSSR count). The van der Waals surface area contributed by atoms with E-state index in [1.807, 2.05) is 0 Å². The lowest BCUT2D eigenvalue weighted by atomic mass is 10.0. The average molecular weight is 863 g/mol. The van der Waals surface area contributed by atoms with Crippen LogP contribution in [0.1, 0.15) is 258 Å². The number of aliphatic hydroxyl groups excluding tert-OH is 2. The number of phosphoric ester groups is 1. The molecule has 3 atom stereocenters. The number of ether oxygens (including phenoxy) is 2. The van der Waals surface area contributed by atoms with Crippen LogP contribution in [0.3, 0.4) is 0 Å². The van der Waals surface area contributed by atoms with Gasteiger partial charge in [0, 0.05) is 12.8 Å². The van der Waals surface area contributed by atoms with Crippen molar-refractivity contribution in [3.63, 3.8) is 0 Å². The topological polar surface area (TPSA) is 149 Å². The van der Waals surface area contributed by atoms with Crippen molar-refractivity contribution in [3.05, 3.63) is 0 Å². The SMILES string of the molecule is CCCCCCCCCCCCCCCCCCCCCCCCCC(=O)OC(CO)COP(=O)(O)OCC(CO)OC(=O)CCCCCCCCCCCCCCC. The molecule has 0 saturated heterocycles. The standard InChI is InChI=1S/C48H95O10P/c1-3-5-7-9-11-13-15-17-18-19-20-21-22-23-24-25-26-28-30-32-34-36-38-40-48(52)58-46(42-50)44-56-59(53,54)55-43-45(41-49)57-47(51)39-37-35-33-31-29-27-16-14-12-10-8-6-4-2/h45-46,49-50H,3-44H2,1-2H3,(H,53,54). The molecule has 0 radical (unpaired) electrons. The molecule has 3 N–H and O–H groups in total. The normalized spacial score (nSPS) is 13.6. The van der Waals surface area contributed by atoms with Gasteiger partial charge in [-0.2, -0.15) is 0 Å². The monoisotopic (exact) mass is 863 g/mol. The summed E-state index contributed by atoms with van der Waals surface area (Å²) >= 11 is 0. The number of hydrogen-bond acceptors (Lipinski definition) is 9. The minimum Gasteiger partial charge on any atom is -0.457 e. The molecule has 352 valence electrons. The van der Waals surface area contributed by atoms with Crippen molar-refractivity contribution >= 4 is 19.8 Å². The highest BCUT2D eigenvalue weighted by atomic mass is 31.2. The average Bonchev–Trinajstić information content (AvgIpc) is 3.22. The minimum absolute atomic E-state index is 0.199. The minimum atomic E-state index is -4.63. The summed E-state index contributed by atoms with van der Waals surface area (Å²) in [6, 6.07) is 0. The van der Waals surface area contributed by atoms with Gasteiger partial charge in [-0.1, -0.05) is 232 Å². The lowest BCUT2D eigenvalue weighted by molar-refractivity contribution is -0.153. The second-order valence-electron chi connectivity index (χ2n) is 17.2.